The van der Waals surface area contributed by atoms with Gasteiger partial charge in [0.25, 0.3) is 0 Å². The van der Waals surface area contributed by atoms with Crippen molar-refractivity contribution in [3.63, 3.8) is 0 Å². The molecule has 140 valence electrons. The Morgan fingerprint density at radius 2 is 1.65 bits per heavy atom. The highest BCUT2D eigenvalue weighted by atomic mass is 127. The van der Waals surface area contributed by atoms with Crippen LogP contribution in [0.2, 0.25) is 0 Å². The molecule has 26 heavy (non-hydrogen) atoms. The summed E-state index contributed by atoms with van der Waals surface area (Å²) >= 11 is 2.17. The molecule has 9 heteroatoms. The van der Waals surface area contributed by atoms with Gasteiger partial charge >= 0.3 is 0 Å². The van der Waals surface area contributed by atoms with E-state index in [1.807, 2.05) is 49.0 Å². The number of benzene rings is 1. The highest BCUT2D eigenvalue weighted by Gasteiger charge is 2.29. The molecule has 0 saturated carbocycles. The molecule has 0 atom stereocenters. The van der Waals surface area contributed by atoms with Gasteiger partial charge in [0, 0.05) is 55.6 Å². The summed E-state index contributed by atoms with van der Waals surface area (Å²) in [7, 11) is 0.423. The third-order valence-corrected chi connectivity index (χ3v) is 6.89. The van der Waals surface area contributed by atoms with Crippen LogP contribution in [0, 0.1) is 10.5 Å². The number of anilines is 2. The van der Waals surface area contributed by atoms with E-state index in [1.165, 1.54) is 4.31 Å². The van der Waals surface area contributed by atoms with E-state index in [9.17, 15) is 8.42 Å². The maximum Gasteiger partial charge on any atom is 0.243 e. The number of rotatable bonds is 4. The second-order valence-corrected chi connectivity index (χ2v) is 9.59. The van der Waals surface area contributed by atoms with Crippen molar-refractivity contribution in [2.75, 3.05) is 50.1 Å². The smallest absolute Gasteiger partial charge is 0.243 e. The fourth-order valence-electron chi connectivity index (χ4n) is 2.79. The number of aryl methyl sites for hydroxylation is 1. The number of halogens is 1. The molecule has 3 rings (SSSR count). The van der Waals surface area contributed by atoms with Crippen molar-refractivity contribution in [2.45, 2.75) is 11.8 Å². The SMILES string of the molecule is Cc1cc(N(C)C)nc(N2CCN(S(=O)(=O)c3ccc(I)cc3)CC2)n1. The number of aromatic nitrogens is 2. The summed E-state index contributed by atoms with van der Waals surface area (Å²) < 4.78 is 28.2. The number of nitrogens with zero attached hydrogens (tertiary/aromatic N) is 5. The lowest BCUT2D eigenvalue weighted by molar-refractivity contribution is 0.382. The first-order valence-corrected chi connectivity index (χ1v) is 10.8. The molecule has 1 saturated heterocycles. The minimum absolute atomic E-state index is 0.341. The molecule has 1 aliphatic heterocycles. The maximum atomic E-state index is 12.8. The maximum absolute atomic E-state index is 12.8. The van der Waals surface area contributed by atoms with Crippen LogP contribution in [-0.4, -0.2) is 63.0 Å². The van der Waals surface area contributed by atoms with E-state index >= 15 is 0 Å². The molecular weight excluding hydrogens is 465 g/mol. The monoisotopic (exact) mass is 487 g/mol. The Hall–Kier alpha value is -1.46. The highest BCUT2D eigenvalue weighted by Crippen LogP contribution is 2.21. The Kier molecular flexibility index (Phi) is 5.68. The van der Waals surface area contributed by atoms with Gasteiger partial charge in [0.2, 0.25) is 16.0 Å². The van der Waals surface area contributed by atoms with Gasteiger partial charge in [-0.3, -0.25) is 0 Å². The number of hydrogen-bond acceptors (Lipinski definition) is 6. The minimum Gasteiger partial charge on any atom is -0.363 e. The van der Waals surface area contributed by atoms with E-state index in [4.69, 9.17) is 0 Å². The first-order valence-electron chi connectivity index (χ1n) is 8.31. The second kappa shape index (κ2) is 7.65. The largest absolute Gasteiger partial charge is 0.363 e. The van der Waals surface area contributed by atoms with E-state index in [0.29, 0.717) is 37.0 Å². The molecule has 7 nitrogen and oxygen atoms in total. The molecule has 0 aliphatic carbocycles. The van der Waals surface area contributed by atoms with Crippen LogP contribution in [0.15, 0.2) is 35.2 Å². The molecule has 2 aromatic rings. The average molecular weight is 487 g/mol. The van der Waals surface area contributed by atoms with E-state index in [-0.39, 0.29) is 0 Å². The van der Waals surface area contributed by atoms with Crippen molar-refractivity contribution in [1.29, 1.82) is 0 Å². The summed E-state index contributed by atoms with van der Waals surface area (Å²) in [6.45, 7) is 3.92. The van der Waals surface area contributed by atoms with Gasteiger partial charge in [-0.2, -0.15) is 9.29 Å². The summed E-state index contributed by atoms with van der Waals surface area (Å²) in [5.74, 6) is 1.50. The molecule has 0 amide bonds. The summed E-state index contributed by atoms with van der Waals surface area (Å²) in [5, 5.41) is 0. The molecule has 0 unspecified atom stereocenters. The van der Waals surface area contributed by atoms with Crippen LogP contribution in [-0.2, 0) is 10.0 Å². The van der Waals surface area contributed by atoms with Crippen LogP contribution in [0.3, 0.4) is 0 Å². The molecule has 0 N–H and O–H groups in total. The fraction of sp³-hybridized carbons (Fsp3) is 0.412. The average Bonchev–Trinajstić information content (AvgIpc) is 2.61. The molecule has 1 fully saturated rings. The number of sulfonamides is 1. The zero-order valence-corrected chi connectivity index (χ0v) is 18.0. The molecule has 1 aromatic carbocycles. The zero-order valence-electron chi connectivity index (χ0n) is 15.1. The predicted octanol–water partition coefficient (Wildman–Crippen LogP) is 1.97. The second-order valence-electron chi connectivity index (χ2n) is 6.41. The fourth-order valence-corrected chi connectivity index (χ4v) is 4.57. The lowest BCUT2D eigenvalue weighted by Gasteiger charge is -2.34. The number of hydrogen-bond donors (Lipinski definition) is 0. The third kappa shape index (κ3) is 4.09. The predicted molar refractivity (Wildman–Crippen MR) is 111 cm³/mol. The summed E-state index contributed by atoms with van der Waals surface area (Å²) in [4.78, 5) is 13.4. The van der Waals surface area contributed by atoms with Crippen LogP contribution in [0.25, 0.3) is 0 Å². The van der Waals surface area contributed by atoms with Crippen LogP contribution < -0.4 is 9.80 Å². The Balaban J connectivity index is 1.74. The standard InChI is InChI=1S/C17H22IN5O2S/c1-13-12-16(21(2)3)20-17(19-13)22-8-10-23(11-9-22)26(24,25)15-6-4-14(18)5-7-15/h4-7,12H,8-11H2,1-3H3. The van der Waals surface area contributed by atoms with Crippen LogP contribution >= 0.6 is 22.6 Å². The van der Waals surface area contributed by atoms with Crippen molar-refractivity contribution in [2.24, 2.45) is 0 Å². The molecule has 1 aliphatic rings. The van der Waals surface area contributed by atoms with Crippen molar-refractivity contribution >= 4 is 44.4 Å². The van der Waals surface area contributed by atoms with Crippen molar-refractivity contribution in [3.8, 4) is 0 Å². The topological polar surface area (TPSA) is 69.6 Å². The van der Waals surface area contributed by atoms with Gasteiger partial charge < -0.3 is 9.80 Å². The Bertz CT molecular complexity index is 879. The van der Waals surface area contributed by atoms with Gasteiger partial charge in [0.05, 0.1) is 4.90 Å². The lowest BCUT2D eigenvalue weighted by Crippen LogP contribution is -2.49. The zero-order chi connectivity index (χ0) is 18.9. The van der Waals surface area contributed by atoms with E-state index in [2.05, 4.69) is 32.6 Å². The van der Waals surface area contributed by atoms with E-state index < -0.39 is 10.0 Å². The van der Waals surface area contributed by atoms with Crippen LogP contribution in [0.4, 0.5) is 11.8 Å². The van der Waals surface area contributed by atoms with Gasteiger partial charge in [-0.15, -0.1) is 0 Å². The van der Waals surface area contributed by atoms with Gasteiger partial charge in [0.15, 0.2) is 0 Å². The third-order valence-electron chi connectivity index (χ3n) is 4.26. The highest BCUT2D eigenvalue weighted by molar-refractivity contribution is 14.1. The van der Waals surface area contributed by atoms with Crippen molar-refractivity contribution < 1.29 is 8.42 Å². The Morgan fingerprint density at radius 3 is 2.23 bits per heavy atom. The van der Waals surface area contributed by atoms with E-state index in [1.54, 1.807) is 12.1 Å². The first kappa shape index (κ1) is 19.3. The quantitative estimate of drug-likeness (QED) is 0.615. The first-order chi connectivity index (χ1) is 12.3. The Labute approximate surface area is 168 Å². The van der Waals surface area contributed by atoms with Gasteiger partial charge in [0.1, 0.15) is 5.82 Å². The Morgan fingerprint density at radius 1 is 1.04 bits per heavy atom. The van der Waals surface area contributed by atoms with Crippen molar-refractivity contribution in [3.05, 3.63) is 39.6 Å². The molecular formula is C17H22IN5O2S. The van der Waals surface area contributed by atoms with Gasteiger partial charge in [-0.05, 0) is 53.8 Å². The normalized spacial score (nSPS) is 15.9. The van der Waals surface area contributed by atoms with E-state index in [0.717, 1.165) is 15.1 Å². The van der Waals surface area contributed by atoms with Gasteiger partial charge in [-0.1, -0.05) is 0 Å². The summed E-state index contributed by atoms with van der Waals surface area (Å²) in [6.07, 6.45) is 0. The molecule has 1 aromatic heterocycles. The molecule has 0 radical (unpaired) electrons. The molecule has 0 bridgehead atoms. The van der Waals surface area contributed by atoms with Crippen LogP contribution in [0.1, 0.15) is 5.69 Å². The summed E-state index contributed by atoms with van der Waals surface area (Å²) in [6, 6.07) is 8.88. The van der Waals surface area contributed by atoms with Crippen molar-refractivity contribution in [1.82, 2.24) is 14.3 Å². The minimum atomic E-state index is -3.46. The summed E-state index contributed by atoms with van der Waals surface area (Å²) in [5.41, 5.74) is 0.896. The molecule has 0 spiro atoms. The lowest BCUT2D eigenvalue weighted by atomic mass is 10.3. The molecule has 2 heterocycles. The number of piperazine rings is 1. The van der Waals surface area contributed by atoms with Crippen LogP contribution in [0.5, 0.6) is 0 Å². The van der Waals surface area contributed by atoms with Gasteiger partial charge in [-0.25, -0.2) is 13.4 Å².